The smallest absolute Gasteiger partial charge is 0.462 e. The van der Waals surface area contributed by atoms with Gasteiger partial charge in [-0.25, -0.2) is 4.57 Å². The highest BCUT2D eigenvalue weighted by molar-refractivity contribution is 7.47. The van der Waals surface area contributed by atoms with Gasteiger partial charge in [-0.15, -0.1) is 0 Å². The number of carbonyl (C=O) groups is 2. The second-order valence-corrected chi connectivity index (χ2v) is 16.4. The highest BCUT2D eigenvalue weighted by Gasteiger charge is 2.25. The lowest BCUT2D eigenvalue weighted by atomic mass is 10.0. The summed E-state index contributed by atoms with van der Waals surface area (Å²) >= 11 is 0. The molecule has 0 radical (unpaired) electrons. The summed E-state index contributed by atoms with van der Waals surface area (Å²) < 4.78 is 32.7. The van der Waals surface area contributed by atoms with Crippen molar-refractivity contribution in [3.8, 4) is 0 Å². The minimum atomic E-state index is -4.38. The zero-order valence-electron chi connectivity index (χ0n) is 34.5. The number of phosphoric acid groups is 1. The number of unbranched alkanes of at least 4 members (excludes halogenated alkanes) is 27. The molecule has 0 aliphatic carbocycles. The largest absolute Gasteiger partial charge is 0.472 e. The molecule has 0 fully saturated rings. The van der Waals surface area contributed by atoms with Crippen molar-refractivity contribution in [2.45, 2.75) is 225 Å². The van der Waals surface area contributed by atoms with Gasteiger partial charge in [0.25, 0.3) is 0 Å². The maximum absolute atomic E-state index is 12.5. The van der Waals surface area contributed by atoms with E-state index in [2.05, 4.69) is 19.9 Å². The number of ether oxygens (including phenoxy) is 2. The summed E-state index contributed by atoms with van der Waals surface area (Å²) in [6, 6.07) is 0. The average molecular weight is 774 g/mol. The lowest BCUT2D eigenvalue weighted by molar-refractivity contribution is -0.161. The van der Waals surface area contributed by atoms with Gasteiger partial charge in [-0.3, -0.25) is 18.6 Å². The van der Waals surface area contributed by atoms with Gasteiger partial charge in [0.15, 0.2) is 6.10 Å². The quantitative estimate of drug-likeness (QED) is 0.0269. The first-order chi connectivity index (χ1) is 25.8. The SMILES string of the molecule is CCCCCCCCCCCCC/C=C/CCC(=O)O[C@H](COC(=O)CCCCCCCCCCCCCCCCCCC)COP(=O)(O)OCCN. The zero-order valence-corrected chi connectivity index (χ0v) is 35.4. The molecule has 2 atom stereocenters. The van der Waals surface area contributed by atoms with E-state index < -0.39 is 26.5 Å². The van der Waals surface area contributed by atoms with E-state index in [0.29, 0.717) is 6.42 Å². The number of esters is 2. The van der Waals surface area contributed by atoms with Gasteiger partial charge in [0, 0.05) is 19.4 Å². The fourth-order valence-electron chi connectivity index (χ4n) is 6.36. The highest BCUT2D eigenvalue weighted by atomic mass is 31.2. The predicted octanol–water partition coefficient (Wildman–Crippen LogP) is 12.6. The van der Waals surface area contributed by atoms with Crippen LogP contribution in [0.2, 0.25) is 0 Å². The van der Waals surface area contributed by atoms with Gasteiger partial charge < -0.3 is 20.1 Å². The van der Waals surface area contributed by atoms with Crippen molar-refractivity contribution in [2.24, 2.45) is 5.73 Å². The summed E-state index contributed by atoms with van der Waals surface area (Å²) in [6.45, 7) is 3.72. The van der Waals surface area contributed by atoms with Crippen molar-refractivity contribution in [3.05, 3.63) is 12.2 Å². The van der Waals surface area contributed by atoms with Crippen molar-refractivity contribution in [1.29, 1.82) is 0 Å². The van der Waals surface area contributed by atoms with Crippen molar-refractivity contribution < 1.29 is 37.6 Å². The second-order valence-electron chi connectivity index (χ2n) is 14.9. The third kappa shape index (κ3) is 40.2. The molecule has 0 saturated heterocycles. The predicted molar refractivity (Wildman–Crippen MR) is 220 cm³/mol. The molecule has 0 rings (SSSR count). The number of phosphoric ester groups is 1. The van der Waals surface area contributed by atoms with Crippen LogP contribution in [0.1, 0.15) is 219 Å². The van der Waals surface area contributed by atoms with Crippen LogP contribution in [0.25, 0.3) is 0 Å². The van der Waals surface area contributed by atoms with E-state index in [1.807, 2.05) is 6.08 Å². The Hall–Kier alpha value is -1.25. The Morgan fingerprint density at radius 1 is 0.547 bits per heavy atom. The standard InChI is InChI=1S/C43H84NO8P/c1-3-5-7-9-11-13-15-17-19-20-22-23-25-27-29-31-33-35-42(45)49-39-41(40-51-53(47,48)50-38-37-44)52-43(46)36-34-32-30-28-26-24-21-18-16-14-12-10-8-6-4-2/h30,32,41H,3-29,31,33-40,44H2,1-2H3,(H,47,48)/b32-30+/t41-/m1/s1. The Labute approximate surface area is 326 Å². The molecule has 0 amide bonds. The summed E-state index contributed by atoms with van der Waals surface area (Å²) in [5.41, 5.74) is 5.34. The third-order valence-electron chi connectivity index (χ3n) is 9.66. The van der Waals surface area contributed by atoms with Crippen LogP contribution in [0.5, 0.6) is 0 Å². The second kappa shape index (κ2) is 40.4. The number of rotatable bonds is 42. The van der Waals surface area contributed by atoms with E-state index in [-0.39, 0.29) is 38.6 Å². The zero-order chi connectivity index (χ0) is 38.9. The van der Waals surface area contributed by atoms with Gasteiger partial charge in [0.1, 0.15) is 6.61 Å². The molecule has 0 aliphatic rings. The fourth-order valence-corrected chi connectivity index (χ4v) is 7.12. The molecule has 0 aromatic carbocycles. The summed E-state index contributed by atoms with van der Waals surface area (Å²) in [5, 5.41) is 0. The molecule has 314 valence electrons. The van der Waals surface area contributed by atoms with Crippen LogP contribution in [0.15, 0.2) is 12.2 Å². The molecule has 0 aromatic heterocycles. The fraction of sp³-hybridized carbons (Fsp3) is 0.907. The lowest BCUT2D eigenvalue weighted by Crippen LogP contribution is -2.29. The average Bonchev–Trinajstić information content (AvgIpc) is 3.14. The normalized spacial score (nSPS) is 13.4. The van der Waals surface area contributed by atoms with Crippen LogP contribution < -0.4 is 5.73 Å². The maximum atomic E-state index is 12.5. The van der Waals surface area contributed by atoms with Crippen LogP contribution in [-0.2, 0) is 32.7 Å². The molecular formula is C43H84NO8P. The minimum absolute atomic E-state index is 0.0517. The van der Waals surface area contributed by atoms with Crippen molar-refractivity contribution in [1.82, 2.24) is 0 Å². The van der Waals surface area contributed by atoms with E-state index in [4.69, 9.17) is 24.3 Å². The summed E-state index contributed by atoms with van der Waals surface area (Å²) in [6.07, 6.45) is 41.1. The van der Waals surface area contributed by atoms with Crippen LogP contribution in [0.3, 0.4) is 0 Å². The van der Waals surface area contributed by atoms with Gasteiger partial charge in [-0.05, 0) is 25.7 Å². The molecule has 0 aromatic rings. The van der Waals surface area contributed by atoms with Gasteiger partial charge in [0.2, 0.25) is 0 Å². The van der Waals surface area contributed by atoms with Crippen molar-refractivity contribution in [3.63, 3.8) is 0 Å². The van der Waals surface area contributed by atoms with Crippen molar-refractivity contribution >= 4 is 19.8 Å². The van der Waals surface area contributed by atoms with Gasteiger partial charge in [-0.1, -0.05) is 193 Å². The topological polar surface area (TPSA) is 134 Å². The molecule has 0 saturated carbocycles. The molecule has 53 heavy (non-hydrogen) atoms. The van der Waals surface area contributed by atoms with Crippen LogP contribution >= 0.6 is 7.82 Å². The molecule has 0 aliphatic heterocycles. The number of hydrogen-bond donors (Lipinski definition) is 2. The third-order valence-corrected chi connectivity index (χ3v) is 10.6. The Kier molecular flexibility index (Phi) is 39.5. The maximum Gasteiger partial charge on any atom is 0.472 e. The van der Waals surface area contributed by atoms with Gasteiger partial charge >= 0.3 is 19.8 Å². The Balaban J connectivity index is 4.13. The van der Waals surface area contributed by atoms with Crippen molar-refractivity contribution in [2.75, 3.05) is 26.4 Å². The molecule has 0 spiro atoms. The van der Waals surface area contributed by atoms with E-state index in [9.17, 15) is 19.0 Å². The van der Waals surface area contributed by atoms with Crippen LogP contribution in [0, 0.1) is 0 Å². The molecule has 3 N–H and O–H groups in total. The van der Waals surface area contributed by atoms with Gasteiger partial charge in [-0.2, -0.15) is 0 Å². The Morgan fingerprint density at radius 2 is 0.962 bits per heavy atom. The van der Waals surface area contributed by atoms with Crippen LogP contribution in [-0.4, -0.2) is 49.3 Å². The minimum Gasteiger partial charge on any atom is -0.462 e. The Morgan fingerprint density at radius 3 is 1.42 bits per heavy atom. The van der Waals surface area contributed by atoms with E-state index in [0.717, 1.165) is 32.1 Å². The summed E-state index contributed by atoms with van der Waals surface area (Å²) in [4.78, 5) is 34.8. The summed E-state index contributed by atoms with van der Waals surface area (Å²) in [7, 11) is -4.38. The van der Waals surface area contributed by atoms with Crippen LogP contribution in [0.4, 0.5) is 0 Å². The molecule has 0 bridgehead atoms. The van der Waals surface area contributed by atoms with E-state index in [1.165, 1.54) is 154 Å². The summed E-state index contributed by atoms with van der Waals surface area (Å²) in [5.74, 6) is -0.873. The van der Waals surface area contributed by atoms with Gasteiger partial charge in [0.05, 0.1) is 13.2 Å². The number of hydrogen-bond acceptors (Lipinski definition) is 8. The molecule has 0 heterocycles. The first-order valence-corrected chi connectivity index (χ1v) is 23.7. The first kappa shape index (κ1) is 51.8. The Bertz CT molecular complexity index is 886. The number of nitrogens with two attached hydrogens (primary N) is 1. The molecular weight excluding hydrogens is 689 g/mol. The molecule has 9 nitrogen and oxygen atoms in total. The lowest BCUT2D eigenvalue weighted by Gasteiger charge is -2.19. The van der Waals surface area contributed by atoms with E-state index in [1.54, 1.807) is 0 Å². The number of allylic oxidation sites excluding steroid dienone is 2. The number of carbonyl (C=O) groups excluding carboxylic acids is 2. The first-order valence-electron chi connectivity index (χ1n) is 22.2. The monoisotopic (exact) mass is 774 g/mol. The molecule has 1 unspecified atom stereocenters. The highest BCUT2D eigenvalue weighted by Crippen LogP contribution is 2.43. The molecule has 10 heteroatoms. The van der Waals surface area contributed by atoms with E-state index >= 15 is 0 Å².